The molecule has 0 spiro atoms. The summed E-state index contributed by atoms with van der Waals surface area (Å²) in [4.78, 5) is 25.6. The lowest BCUT2D eigenvalue weighted by Crippen LogP contribution is -2.46. The summed E-state index contributed by atoms with van der Waals surface area (Å²) in [6.45, 7) is 0. The number of carbonyl (C=O) groups excluding carboxylic acids is 2. The largest absolute Gasteiger partial charge is 0.489 e. The molecule has 0 bridgehead atoms. The summed E-state index contributed by atoms with van der Waals surface area (Å²) in [6.07, 6.45) is 7.40. The number of halogens is 1. The highest BCUT2D eigenvalue weighted by atomic mass is 79.9. The van der Waals surface area contributed by atoms with Gasteiger partial charge in [-0.25, -0.2) is 0 Å². The first-order chi connectivity index (χ1) is 12.5. The molecule has 0 fully saturated rings. The first-order valence-corrected chi connectivity index (χ1v) is 8.98. The van der Waals surface area contributed by atoms with Crippen molar-refractivity contribution in [2.45, 2.75) is 18.9 Å². The van der Waals surface area contributed by atoms with Crippen LogP contribution in [0.25, 0.3) is 0 Å². The van der Waals surface area contributed by atoms with Crippen molar-refractivity contribution < 1.29 is 23.8 Å². The summed E-state index contributed by atoms with van der Waals surface area (Å²) in [7, 11) is 2.55. The molecular formula is C20H19BrO5. The molecule has 136 valence electrons. The van der Waals surface area contributed by atoms with Crippen LogP contribution in [0.5, 0.6) is 0 Å². The van der Waals surface area contributed by atoms with Crippen LogP contribution in [0.15, 0.2) is 64.4 Å². The third-order valence-electron chi connectivity index (χ3n) is 4.66. The highest BCUT2D eigenvalue weighted by Gasteiger charge is 2.56. The number of ether oxygens (including phenoxy) is 3. The molecule has 3 rings (SSSR count). The molecule has 1 aliphatic heterocycles. The maximum atomic E-state index is 12.8. The molecule has 5 nitrogen and oxygen atoms in total. The fourth-order valence-electron chi connectivity index (χ4n) is 3.38. The summed E-state index contributed by atoms with van der Waals surface area (Å²) in [5, 5.41) is 0. The second-order valence-electron chi connectivity index (χ2n) is 6.08. The predicted molar refractivity (Wildman–Crippen MR) is 99.0 cm³/mol. The zero-order chi connectivity index (χ0) is 18.7. The van der Waals surface area contributed by atoms with E-state index in [-0.39, 0.29) is 6.42 Å². The van der Waals surface area contributed by atoms with Crippen molar-refractivity contribution in [2.75, 3.05) is 14.2 Å². The van der Waals surface area contributed by atoms with Crippen molar-refractivity contribution in [1.29, 1.82) is 0 Å². The Kier molecular flexibility index (Phi) is 5.32. The van der Waals surface area contributed by atoms with E-state index in [0.717, 1.165) is 10.0 Å². The molecule has 26 heavy (non-hydrogen) atoms. The maximum Gasteiger partial charge on any atom is 0.328 e. The Balaban J connectivity index is 2.16. The van der Waals surface area contributed by atoms with Gasteiger partial charge in [0.1, 0.15) is 11.9 Å². The molecule has 1 aromatic carbocycles. The van der Waals surface area contributed by atoms with Crippen LogP contribution < -0.4 is 0 Å². The van der Waals surface area contributed by atoms with Crippen LogP contribution in [-0.4, -0.2) is 26.2 Å². The molecule has 1 atom stereocenters. The van der Waals surface area contributed by atoms with Crippen LogP contribution in [0, 0.1) is 5.41 Å². The van der Waals surface area contributed by atoms with Gasteiger partial charge in [0, 0.05) is 22.9 Å². The van der Waals surface area contributed by atoms with Crippen molar-refractivity contribution >= 4 is 27.9 Å². The fraction of sp³-hybridized carbons (Fsp3) is 0.300. The smallest absolute Gasteiger partial charge is 0.328 e. The van der Waals surface area contributed by atoms with E-state index in [4.69, 9.17) is 14.2 Å². The lowest BCUT2D eigenvalue weighted by Gasteiger charge is -2.39. The Morgan fingerprint density at radius 1 is 1.12 bits per heavy atom. The minimum Gasteiger partial charge on any atom is -0.489 e. The van der Waals surface area contributed by atoms with Gasteiger partial charge in [0.2, 0.25) is 0 Å². The van der Waals surface area contributed by atoms with Crippen LogP contribution in [0.1, 0.15) is 24.5 Å². The predicted octanol–water partition coefficient (Wildman–Crippen LogP) is 4.01. The molecule has 0 saturated carbocycles. The van der Waals surface area contributed by atoms with Gasteiger partial charge in [-0.15, -0.1) is 0 Å². The van der Waals surface area contributed by atoms with Crippen LogP contribution in [0.4, 0.5) is 0 Å². The lowest BCUT2D eigenvalue weighted by molar-refractivity contribution is -0.170. The van der Waals surface area contributed by atoms with Crippen LogP contribution in [0.3, 0.4) is 0 Å². The summed E-state index contributed by atoms with van der Waals surface area (Å²) in [6, 6.07) is 7.60. The average Bonchev–Trinajstić information content (AvgIpc) is 2.92. The van der Waals surface area contributed by atoms with Gasteiger partial charge in [0.25, 0.3) is 0 Å². The van der Waals surface area contributed by atoms with Gasteiger partial charge < -0.3 is 14.2 Å². The van der Waals surface area contributed by atoms with E-state index in [1.165, 1.54) is 14.2 Å². The normalized spacial score (nSPS) is 20.7. The Morgan fingerprint density at radius 3 is 2.38 bits per heavy atom. The fourth-order valence-corrected chi connectivity index (χ4v) is 3.65. The average molecular weight is 419 g/mol. The van der Waals surface area contributed by atoms with Gasteiger partial charge in [-0.2, -0.15) is 0 Å². The Labute approximate surface area is 160 Å². The van der Waals surface area contributed by atoms with Gasteiger partial charge in [-0.05, 0) is 17.7 Å². The topological polar surface area (TPSA) is 61.8 Å². The Hall–Kier alpha value is -2.34. The summed E-state index contributed by atoms with van der Waals surface area (Å²) in [5.74, 6) is -0.715. The van der Waals surface area contributed by atoms with E-state index in [0.29, 0.717) is 17.8 Å². The highest BCUT2D eigenvalue weighted by Crippen LogP contribution is 2.49. The molecule has 1 heterocycles. The van der Waals surface area contributed by atoms with E-state index in [1.807, 2.05) is 36.4 Å². The maximum absolute atomic E-state index is 12.8. The number of rotatable bonds is 3. The number of esters is 2. The quantitative estimate of drug-likeness (QED) is 0.547. The number of carbonyl (C=O) groups is 2. The molecule has 6 heteroatoms. The van der Waals surface area contributed by atoms with Gasteiger partial charge in [0.15, 0.2) is 5.41 Å². The first kappa shape index (κ1) is 18.5. The number of methoxy groups -OCH3 is 2. The van der Waals surface area contributed by atoms with Gasteiger partial charge >= 0.3 is 11.9 Å². The second-order valence-corrected chi connectivity index (χ2v) is 6.99. The molecule has 1 unspecified atom stereocenters. The van der Waals surface area contributed by atoms with Crippen LogP contribution >= 0.6 is 15.9 Å². The van der Waals surface area contributed by atoms with E-state index >= 15 is 0 Å². The molecule has 2 aliphatic rings. The molecule has 0 aromatic heterocycles. The minimum atomic E-state index is -1.56. The van der Waals surface area contributed by atoms with E-state index in [9.17, 15) is 9.59 Å². The van der Waals surface area contributed by atoms with E-state index in [1.54, 1.807) is 12.2 Å². The summed E-state index contributed by atoms with van der Waals surface area (Å²) in [5.41, 5.74) is -0.194. The number of allylic oxidation sites excluding steroid dienone is 4. The highest BCUT2D eigenvalue weighted by molar-refractivity contribution is 9.10. The summed E-state index contributed by atoms with van der Waals surface area (Å²) < 4.78 is 17.2. The Bertz CT molecular complexity index is 788. The van der Waals surface area contributed by atoms with Crippen molar-refractivity contribution in [3.63, 3.8) is 0 Å². The van der Waals surface area contributed by atoms with E-state index in [2.05, 4.69) is 15.9 Å². The number of hydrogen-bond acceptors (Lipinski definition) is 5. The van der Waals surface area contributed by atoms with Crippen molar-refractivity contribution in [1.82, 2.24) is 0 Å². The molecule has 0 saturated heterocycles. The van der Waals surface area contributed by atoms with E-state index < -0.39 is 23.5 Å². The standard InChI is InChI=1S/C20H19BrO5/c1-24-18(22)20(19(23)25-2)12-17(13-8-10-14(21)11-9-13)26-16-7-5-3-4-6-15(16)20/h3-6,8-11,17H,7,12H2,1-2H3. The van der Waals surface area contributed by atoms with Crippen molar-refractivity contribution in [3.05, 3.63) is 69.9 Å². The Morgan fingerprint density at radius 2 is 1.77 bits per heavy atom. The SMILES string of the molecule is COC(=O)C1(C(=O)OC)CC(c2ccc(Br)cc2)OC2=C1C=CC=CC2. The lowest BCUT2D eigenvalue weighted by atomic mass is 9.71. The molecule has 0 radical (unpaired) electrons. The first-order valence-electron chi connectivity index (χ1n) is 8.18. The monoisotopic (exact) mass is 418 g/mol. The third kappa shape index (κ3) is 3.09. The summed E-state index contributed by atoms with van der Waals surface area (Å²) >= 11 is 3.41. The number of benzene rings is 1. The molecule has 0 amide bonds. The second kappa shape index (κ2) is 7.50. The zero-order valence-corrected chi connectivity index (χ0v) is 16.1. The minimum absolute atomic E-state index is 0.108. The molecule has 0 N–H and O–H groups in total. The van der Waals surface area contributed by atoms with Gasteiger partial charge in [-0.3, -0.25) is 9.59 Å². The zero-order valence-electron chi connectivity index (χ0n) is 14.5. The molecule has 1 aromatic rings. The van der Waals surface area contributed by atoms with Crippen LogP contribution in [0.2, 0.25) is 0 Å². The van der Waals surface area contributed by atoms with Crippen molar-refractivity contribution in [2.24, 2.45) is 5.41 Å². The molecular weight excluding hydrogens is 400 g/mol. The van der Waals surface area contributed by atoms with Crippen molar-refractivity contribution in [3.8, 4) is 0 Å². The molecule has 1 aliphatic carbocycles. The van der Waals surface area contributed by atoms with Gasteiger partial charge in [0.05, 0.1) is 14.2 Å². The third-order valence-corrected chi connectivity index (χ3v) is 5.19. The van der Waals surface area contributed by atoms with Crippen LogP contribution in [-0.2, 0) is 23.8 Å². The van der Waals surface area contributed by atoms with Gasteiger partial charge in [-0.1, -0.05) is 52.4 Å². The number of hydrogen-bond donors (Lipinski definition) is 0.